The van der Waals surface area contributed by atoms with Crippen LogP contribution in [0.25, 0.3) is 0 Å². The fraction of sp³-hybridized carbons (Fsp3) is 0.406. The van der Waals surface area contributed by atoms with Crippen molar-refractivity contribution in [2.75, 3.05) is 47.8 Å². The van der Waals surface area contributed by atoms with Crippen LogP contribution >= 0.6 is 10.5 Å². The number of ether oxygens (including phenoxy) is 10. The summed E-state index contributed by atoms with van der Waals surface area (Å²) in [6.45, 7) is 0.227. The van der Waals surface area contributed by atoms with Crippen molar-refractivity contribution in [3.8, 4) is 28.7 Å². The lowest BCUT2D eigenvalue weighted by molar-refractivity contribution is -0.334. The standard InChI is InChI=1S/C32H38O10S/c1-33-22-8-6-21(7-9-22)31-36-18-27-28(42-31)29(39-19-37-25-14-10-23(34-2)11-15-25)30(32(41-27)43(4)5)40-20-38-26-16-12-24(35-3)13-17-26/h6-17,27-32H,4,18-20H2,1-3,5H3/t27?,28-,29?,30?,31?,32-,43?/m0/s1. The minimum Gasteiger partial charge on any atom is -0.497 e. The third-order valence-corrected chi connectivity index (χ3v) is 8.33. The number of rotatable bonds is 13. The summed E-state index contributed by atoms with van der Waals surface area (Å²) in [6.07, 6.45) is -0.698. The number of methoxy groups -OCH3 is 3. The number of hydrogen-bond acceptors (Lipinski definition) is 10. The quantitative estimate of drug-likeness (QED) is 0.193. The number of hydrogen-bond donors (Lipinski definition) is 0. The monoisotopic (exact) mass is 614 g/mol. The SMILES string of the molecule is C=S(C)[C@@H]1OC2COC(c3ccc(OC)cc3)O[C@@H]2C(OCOc2ccc(OC)cc2)C1OCOc1ccc(OC)cc1. The molecule has 11 heteroatoms. The molecule has 5 rings (SSSR count). The molecule has 10 nitrogen and oxygen atoms in total. The molecule has 0 aromatic heterocycles. The van der Waals surface area contributed by atoms with Crippen LogP contribution in [0.5, 0.6) is 28.7 Å². The van der Waals surface area contributed by atoms with Gasteiger partial charge in [-0.25, -0.2) is 0 Å². The molecule has 2 fully saturated rings. The molecule has 3 aromatic carbocycles. The Labute approximate surface area is 254 Å². The molecular formula is C32H38O10S. The lowest BCUT2D eigenvalue weighted by atomic mass is 9.98. The second-order valence-corrected chi connectivity index (χ2v) is 11.8. The summed E-state index contributed by atoms with van der Waals surface area (Å²) < 4.78 is 59.4. The second-order valence-electron chi connectivity index (χ2n) is 9.91. The molecule has 2 aliphatic rings. The molecule has 3 aromatic rings. The molecule has 0 radical (unpaired) electrons. The molecule has 0 amide bonds. The molecule has 0 N–H and O–H groups in total. The highest BCUT2D eigenvalue weighted by molar-refractivity contribution is 8.13. The normalized spacial score (nSPS) is 25.7. The van der Waals surface area contributed by atoms with Crippen LogP contribution in [-0.2, 0) is 23.7 Å². The lowest BCUT2D eigenvalue weighted by Crippen LogP contribution is -2.63. The molecule has 2 aliphatic heterocycles. The van der Waals surface area contributed by atoms with E-state index in [0.29, 0.717) is 18.1 Å². The first-order chi connectivity index (χ1) is 21.0. The Morgan fingerprint density at radius 3 is 1.63 bits per heavy atom. The van der Waals surface area contributed by atoms with Gasteiger partial charge in [0.25, 0.3) is 0 Å². The Bertz CT molecular complexity index is 1300. The minimum absolute atomic E-state index is 0.0386. The molecule has 0 saturated carbocycles. The first-order valence-electron chi connectivity index (χ1n) is 13.8. The maximum Gasteiger partial charge on any atom is 0.189 e. The molecule has 7 atom stereocenters. The highest BCUT2D eigenvalue weighted by Gasteiger charge is 2.51. The number of fused-ring (bicyclic) bond motifs is 1. The van der Waals surface area contributed by atoms with E-state index in [9.17, 15) is 0 Å². The summed E-state index contributed by atoms with van der Waals surface area (Å²) in [5.41, 5.74) is 0.457. The van der Waals surface area contributed by atoms with Gasteiger partial charge in [0.1, 0.15) is 58.6 Å². The Balaban J connectivity index is 1.34. The van der Waals surface area contributed by atoms with E-state index in [-0.39, 0.29) is 13.6 Å². The van der Waals surface area contributed by atoms with E-state index in [1.54, 1.807) is 21.3 Å². The third kappa shape index (κ3) is 7.80. The first-order valence-corrected chi connectivity index (χ1v) is 15.6. The first kappa shape index (κ1) is 31.1. The van der Waals surface area contributed by atoms with Crippen LogP contribution in [0, 0.1) is 0 Å². The third-order valence-electron chi connectivity index (χ3n) is 7.16. The van der Waals surface area contributed by atoms with E-state index in [2.05, 4.69) is 5.87 Å². The Morgan fingerprint density at radius 2 is 1.14 bits per heavy atom. The van der Waals surface area contributed by atoms with Crippen LogP contribution in [0.15, 0.2) is 72.8 Å². The van der Waals surface area contributed by atoms with Gasteiger partial charge in [-0.05, 0) is 66.9 Å². The fourth-order valence-corrected chi connectivity index (χ4v) is 5.90. The van der Waals surface area contributed by atoms with Crippen LogP contribution in [-0.4, -0.2) is 83.5 Å². The molecule has 5 unspecified atom stereocenters. The van der Waals surface area contributed by atoms with Gasteiger partial charge >= 0.3 is 0 Å². The Morgan fingerprint density at radius 1 is 0.674 bits per heavy atom. The van der Waals surface area contributed by atoms with Crippen molar-refractivity contribution in [3.05, 3.63) is 78.4 Å². The maximum atomic E-state index is 6.51. The van der Waals surface area contributed by atoms with E-state index in [4.69, 9.17) is 47.4 Å². The van der Waals surface area contributed by atoms with Crippen LogP contribution < -0.4 is 23.7 Å². The lowest BCUT2D eigenvalue weighted by Gasteiger charge is -2.49. The van der Waals surface area contributed by atoms with Crippen molar-refractivity contribution in [2.45, 2.75) is 36.1 Å². The molecule has 2 saturated heterocycles. The van der Waals surface area contributed by atoms with Crippen LogP contribution in [0.2, 0.25) is 0 Å². The predicted octanol–water partition coefficient (Wildman–Crippen LogP) is 5.03. The molecule has 2 heterocycles. The minimum atomic E-state index is -0.628. The van der Waals surface area contributed by atoms with Gasteiger partial charge in [0.15, 0.2) is 19.9 Å². The largest absolute Gasteiger partial charge is 0.497 e. The summed E-state index contributed by atoms with van der Waals surface area (Å²) in [5.74, 6) is 7.76. The summed E-state index contributed by atoms with van der Waals surface area (Å²) in [7, 11) is 4.42. The van der Waals surface area contributed by atoms with E-state index >= 15 is 0 Å². The van der Waals surface area contributed by atoms with Gasteiger partial charge in [0.05, 0.1) is 27.9 Å². The van der Waals surface area contributed by atoms with E-state index in [1.807, 2.05) is 79.1 Å². The van der Waals surface area contributed by atoms with Crippen LogP contribution in [0.3, 0.4) is 0 Å². The predicted molar refractivity (Wildman–Crippen MR) is 163 cm³/mol. The van der Waals surface area contributed by atoms with Crippen molar-refractivity contribution >= 4 is 16.4 Å². The average Bonchev–Trinajstić information content (AvgIpc) is 3.05. The average molecular weight is 615 g/mol. The van der Waals surface area contributed by atoms with Crippen molar-refractivity contribution in [1.29, 1.82) is 0 Å². The van der Waals surface area contributed by atoms with Crippen LogP contribution in [0.1, 0.15) is 11.9 Å². The van der Waals surface area contributed by atoms with Gasteiger partial charge in [-0.1, -0.05) is 18.0 Å². The smallest absolute Gasteiger partial charge is 0.189 e. The van der Waals surface area contributed by atoms with Gasteiger partial charge in [0.2, 0.25) is 0 Å². The zero-order valence-corrected chi connectivity index (χ0v) is 25.5. The van der Waals surface area contributed by atoms with Crippen molar-refractivity contribution in [3.63, 3.8) is 0 Å². The van der Waals surface area contributed by atoms with Crippen molar-refractivity contribution in [2.24, 2.45) is 0 Å². The molecular weight excluding hydrogens is 576 g/mol. The Kier molecular flexibility index (Phi) is 10.8. The highest BCUT2D eigenvalue weighted by atomic mass is 32.2. The zero-order valence-electron chi connectivity index (χ0n) is 24.7. The Hall–Kier alpha value is -3.32. The topological polar surface area (TPSA) is 92.3 Å². The van der Waals surface area contributed by atoms with Crippen molar-refractivity contribution in [1.82, 2.24) is 0 Å². The second kappa shape index (κ2) is 14.9. The van der Waals surface area contributed by atoms with Gasteiger partial charge in [-0.15, -0.1) is 0 Å². The molecule has 232 valence electrons. The van der Waals surface area contributed by atoms with E-state index in [0.717, 1.165) is 22.8 Å². The molecule has 0 bridgehead atoms. The molecule has 0 aliphatic carbocycles. The van der Waals surface area contributed by atoms with Crippen LogP contribution in [0.4, 0.5) is 0 Å². The maximum absolute atomic E-state index is 6.51. The van der Waals surface area contributed by atoms with E-state index < -0.39 is 46.6 Å². The van der Waals surface area contributed by atoms with Crippen molar-refractivity contribution < 1.29 is 47.4 Å². The summed E-state index contributed by atoms with van der Waals surface area (Å²) >= 11 is 0. The zero-order chi connectivity index (χ0) is 30.2. The fourth-order valence-electron chi connectivity index (χ4n) is 4.87. The number of benzene rings is 3. The van der Waals surface area contributed by atoms with Gasteiger partial charge in [-0.3, -0.25) is 0 Å². The van der Waals surface area contributed by atoms with Gasteiger partial charge in [0, 0.05) is 5.56 Å². The summed E-state index contributed by atoms with van der Waals surface area (Å²) in [4.78, 5) is 0. The highest BCUT2D eigenvalue weighted by Crippen LogP contribution is 2.40. The van der Waals surface area contributed by atoms with Gasteiger partial charge in [-0.2, -0.15) is 10.5 Å². The van der Waals surface area contributed by atoms with Gasteiger partial charge < -0.3 is 47.4 Å². The summed E-state index contributed by atoms with van der Waals surface area (Å²) in [6, 6.07) is 22.1. The summed E-state index contributed by atoms with van der Waals surface area (Å²) in [5, 5.41) is 0. The molecule has 43 heavy (non-hydrogen) atoms. The molecule has 0 spiro atoms. The van der Waals surface area contributed by atoms with E-state index in [1.165, 1.54) is 0 Å².